The average molecular weight is 339 g/mol. The molecule has 0 aliphatic carbocycles. The summed E-state index contributed by atoms with van der Waals surface area (Å²) in [6, 6.07) is 11.7. The highest BCUT2D eigenvalue weighted by atomic mass is 16.5. The summed E-state index contributed by atoms with van der Waals surface area (Å²) in [4.78, 5) is 12.2. The van der Waals surface area contributed by atoms with E-state index in [2.05, 4.69) is 37.4 Å². The minimum absolute atomic E-state index is 0.0526. The number of nitrogens with one attached hydrogen (secondary N) is 1. The molecule has 25 heavy (non-hydrogen) atoms. The van der Waals surface area contributed by atoms with E-state index in [0.717, 1.165) is 11.1 Å². The first-order valence-corrected chi connectivity index (χ1v) is 8.22. The third kappa shape index (κ3) is 4.86. The predicted molar refractivity (Wildman–Crippen MR) is 101 cm³/mol. The van der Waals surface area contributed by atoms with Crippen LogP contribution >= 0.6 is 0 Å². The van der Waals surface area contributed by atoms with Crippen LogP contribution in [0.3, 0.4) is 0 Å². The molecule has 0 saturated carbocycles. The maximum atomic E-state index is 12.2. The third-order valence-corrected chi connectivity index (χ3v) is 4.09. The fourth-order valence-electron chi connectivity index (χ4n) is 2.78. The highest BCUT2D eigenvalue weighted by Crippen LogP contribution is 2.28. The second-order valence-corrected chi connectivity index (χ2v) is 6.04. The molecule has 2 aromatic rings. The quantitative estimate of drug-likeness (QED) is 0.802. The molecule has 4 nitrogen and oxygen atoms in total. The molecular weight excluding hydrogens is 314 g/mol. The van der Waals surface area contributed by atoms with Crippen molar-refractivity contribution in [2.45, 2.75) is 26.8 Å². The zero-order valence-electron chi connectivity index (χ0n) is 15.4. The minimum atomic E-state index is -0.137. The van der Waals surface area contributed by atoms with Gasteiger partial charge in [-0.3, -0.25) is 4.79 Å². The van der Waals surface area contributed by atoms with Crippen molar-refractivity contribution in [1.82, 2.24) is 5.32 Å². The molecule has 1 atom stereocenters. The Morgan fingerprint density at radius 1 is 1.04 bits per heavy atom. The molecule has 0 fully saturated rings. The Bertz CT molecular complexity index is 781. The molecule has 132 valence electrons. The molecule has 2 rings (SSSR count). The van der Waals surface area contributed by atoms with E-state index < -0.39 is 0 Å². The van der Waals surface area contributed by atoms with Gasteiger partial charge in [0.15, 0.2) is 11.5 Å². The van der Waals surface area contributed by atoms with Crippen molar-refractivity contribution in [2.75, 3.05) is 14.2 Å². The largest absolute Gasteiger partial charge is 0.493 e. The van der Waals surface area contributed by atoms with Gasteiger partial charge in [0.2, 0.25) is 5.91 Å². The van der Waals surface area contributed by atoms with Crippen LogP contribution in [0.25, 0.3) is 6.08 Å². The lowest BCUT2D eigenvalue weighted by molar-refractivity contribution is -0.117. The van der Waals surface area contributed by atoms with Gasteiger partial charge < -0.3 is 14.8 Å². The van der Waals surface area contributed by atoms with Gasteiger partial charge >= 0.3 is 0 Å². The van der Waals surface area contributed by atoms with Gasteiger partial charge in [-0.2, -0.15) is 0 Å². The average Bonchev–Trinajstić information content (AvgIpc) is 2.59. The van der Waals surface area contributed by atoms with E-state index in [-0.39, 0.29) is 11.9 Å². The summed E-state index contributed by atoms with van der Waals surface area (Å²) < 4.78 is 10.5. The highest BCUT2D eigenvalue weighted by Gasteiger charge is 2.10. The second-order valence-electron chi connectivity index (χ2n) is 6.04. The van der Waals surface area contributed by atoms with Crippen LogP contribution in [0.5, 0.6) is 11.5 Å². The number of hydrogen-bond donors (Lipinski definition) is 1. The Morgan fingerprint density at radius 2 is 1.76 bits per heavy atom. The molecule has 1 amide bonds. The number of carbonyl (C=O) groups is 1. The van der Waals surface area contributed by atoms with Crippen LogP contribution in [0.4, 0.5) is 0 Å². The van der Waals surface area contributed by atoms with E-state index in [0.29, 0.717) is 11.5 Å². The van der Waals surface area contributed by atoms with Gasteiger partial charge in [-0.25, -0.2) is 0 Å². The van der Waals surface area contributed by atoms with Gasteiger partial charge in [-0.05, 0) is 55.7 Å². The highest BCUT2D eigenvalue weighted by molar-refractivity contribution is 5.92. The molecule has 0 aliphatic heterocycles. The van der Waals surface area contributed by atoms with Gasteiger partial charge in [0, 0.05) is 6.08 Å². The first-order valence-electron chi connectivity index (χ1n) is 8.22. The summed E-state index contributed by atoms with van der Waals surface area (Å²) in [5, 5.41) is 3.00. The molecule has 1 N–H and O–H groups in total. The zero-order valence-corrected chi connectivity index (χ0v) is 15.4. The molecule has 0 bridgehead atoms. The van der Waals surface area contributed by atoms with E-state index in [1.54, 1.807) is 20.3 Å². The number of amides is 1. The van der Waals surface area contributed by atoms with Crippen LogP contribution in [0.15, 0.2) is 42.5 Å². The Labute approximate surface area is 149 Å². The molecule has 4 heteroatoms. The maximum Gasteiger partial charge on any atom is 0.244 e. The molecule has 0 heterocycles. The number of methoxy groups -OCH3 is 2. The van der Waals surface area contributed by atoms with Crippen LogP contribution in [-0.4, -0.2) is 20.1 Å². The summed E-state index contributed by atoms with van der Waals surface area (Å²) in [5.41, 5.74) is 4.38. The Kier molecular flexibility index (Phi) is 6.23. The van der Waals surface area contributed by atoms with Crippen LogP contribution in [-0.2, 0) is 4.79 Å². The summed E-state index contributed by atoms with van der Waals surface area (Å²) in [5.74, 6) is 1.16. The molecule has 0 aromatic heterocycles. The first kappa shape index (κ1) is 18.6. The van der Waals surface area contributed by atoms with Gasteiger partial charge in [0.1, 0.15) is 0 Å². The third-order valence-electron chi connectivity index (χ3n) is 4.09. The maximum absolute atomic E-state index is 12.2. The topological polar surface area (TPSA) is 47.6 Å². The van der Waals surface area contributed by atoms with Crippen molar-refractivity contribution in [3.05, 3.63) is 64.7 Å². The van der Waals surface area contributed by atoms with Crippen LogP contribution in [0, 0.1) is 13.8 Å². The number of carbonyl (C=O) groups excluding carboxylic acids is 1. The molecule has 0 spiro atoms. The van der Waals surface area contributed by atoms with Crippen molar-refractivity contribution in [2.24, 2.45) is 0 Å². The Morgan fingerprint density at radius 3 is 2.40 bits per heavy atom. The lowest BCUT2D eigenvalue weighted by Crippen LogP contribution is -2.25. The smallest absolute Gasteiger partial charge is 0.244 e. The number of rotatable bonds is 6. The van der Waals surface area contributed by atoms with Crippen molar-refractivity contribution >= 4 is 12.0 Å². The zero-order chi connectivity index (χ0) is 18.4. The summed E-state index contributed by atoms with van der Waals surface area (Å²) in [6.07, 6.45) is 3.29. The summed E-state index contributed by atoms with van der Waals surface area (Å²) in [6.45, 7) is 6.11. The lowest BCUT2D eigenvalue weighted by atomic mass is 10.0. The SMILES string of the molecule is COc1ccc(/C=C/C(=O)N[C@@H](C)c2ccc(C)cc2C)cc1OC. The number of benzene rings is 2. The van der Waals surface area contributed by atoms with Crippen LogP contribution in [0.1, 0.15) is 35.2 Å². The van der Waals surface area contributed by atoms with Crippen LogP contribution in [0.2, 0.25) is 0 Å². The Hall–Kier alpha value is -2.75. The molecular formula is C21H25NO3. The van der Waals surface area contributed by atoms with Crippen molar-refractivity contribution in [3.8, 4) is 11.5 Å². The van der Waals surface area contributed by atoms with E-state index in [1.807, 2.05) is 25.1 Å². The lowest BCUT2D eigenvalue weighted by Gasteiger charge is -2.16. The van der Waals surface area contributed by atoms with Crippen molar-refractivity contribution in [1.29, 1.82) is 0 Å². The molecule has 0 aliphatic rings. The fourth-order valence-corrected chi connectivity index (χ4v) is 2.78. The fraction of sp³-hybridized carbons (Fsp3) is 0.286. The summed E-state index contributed by atoms with van der Waals surface area (Å²) in [7, 11) is 3.18. The minimum Gasteiger partial charge on any atom is -0.493 e. The predicted octanol–water partition coefficient (Wildman–Crippen LogP) is 4.21. The van der Waals surface area contributed by atoms with Gasteiger partial charge in [-0.15, -0.1) is 0 Å². The monoisotopic (exact) mass is 339 g/mol. The van der Waals surface area contributed by atoms with Crippen LogP contribution < -0.4 is 14.8 Å². The van der Waals surface area contributed by atoms with E-state index >= 15 is 0 Å². The van der Waals surface area contributed by atoms with E-state index in [1.165, 1.54) is 17.2 Å². The molecule has 0 saturated heterocycles. The van der Waals surface area contributed by atoms with Crippen molar-refractivity contribution < 1.29 is 14.3 Å². The number of aryl methyl sites for hydroxylation is 2. The normalized spacial score (nSPS) is 12.0. The molecule has 2 aromatic carbocycles. The van der Waals surface area contributed by atoms with E-state index in [4.69, 9.17) is 9.47 Å². The van der Waals surface area contributed by atoms with Gasteiger partial charge in [-0.1, -0.05) is 29.8 Å². The van der Waals surface area contributed by atoms with Gasteiger partial charge in [0.05, 0.1) is 20.3 Å². The standard InChI is InChI=1S/C21H25NO3/c1-14-6-9-18(15(2)12-14)16(3)22-21(23)11-8-17-7-10-19(24-4)20(13-17)25-5/h6-13,16H,1-5H3,(H,22,23)/b11-8+/t16-/m0/s1. The summed E-state index contributed by atoms with van der Waals surface area (Å²) >= 11 is 0. The number of ether oxygens (including phenoxy) is 2. The van der Waals surface area contributed by atoms with E-state index in [9.17, 15) is 4.79 Å². The number of hydrogen-bond acceptors (Lipinski definition) is 3. The molecule has 0 unspecified atom stereocenters. The molecule has 0 radical (unpaired) electrons. The van der Waals surface area contributed by atoms with Crippen molar-refractivity contribution in [3.63, 3.8) is 0 Å². The Balaban J connectivity index is 2.05. The van der Waals surface area contributed by atoms with Gasteiger partial charge in [0.25, 0.3) is 0 Å². The second kappa shape index (κ2) is 8.38. The first-order chi connectivity index (χ1) is 11.9.